The zero-order chi connectivity index (χ0) is 16.4. The lowest BCUT2D eigenvalue weighted by Crippen LogP contribution is -2.44. The highest BCUT2D eigenvalue weighted by Crippen LogP contribution is 2.33. The minimum absolute atomic E-state index is 0.00456. The number of nitrogens with zero attached hydrogens (tertiary/aromatic N) is 1. The smallest absolute Gasteiger partial charge is 0.268 e. The van der Waals surface area contributed by atoms with Gasteiger partial charge < -0.3 is 9.64 Å². The molecule has 0 radical (unpaired) electrons. The van der Waals surface area contributed by atoms with E-state index in [1.165, 1.54) is 5.56 Å². The quantitative estimate of drug-likeness (QED) is 0.828. The SMILES string of the molecule is CC[C@H](Oc1cccc(Cl)c1)C(=O)N1c2ccccc2C[C@H]1C. The van der Waals surface area contributed by atoms with E-state index in [2.05, 4.69) is 13.0 Å². The molecule has 23 heavy (non-hydrogen) atoms. The summed E-state index contributed by atoms with van der Waals surface area (Å²) in [5.74, 6) is 0.628. The highest BCUT2D eigenvalue weighted by molar-refractivity contribution is 6.30. The summed E-state index contributed by atoms with van der Waals surface area (Å²) in [4.78, 5) is 14.9. The van der Waals surface area contributed by atoms with Crippen LogP contribution in [-0.2, 0) is 11.2 Å². The lowest BCUT2D eigenvalue weighted by Gasteiger charge is -2.27. The van der Waals surface area contributed by atoms with E-state index in [1.54, 1.807) is 12.1 Å². The molecule has 0 saturated carbocycles. The number of halogens is 1. The molecular formula is C19H20ClNO2. The summed E-state index contributed by atoms with van der Waals surface area (Å²) in [6.07, 6.45) is 0.980. The number of fused-ring (bicyclic) bond motifs is 1. The van der Waals surface area contributed by atoms with Gasteiger partial charge in [0.1, 0.15) is 5.75 Å². The molecule has 1 aliphatic rings. The van der Waals surface area contributed by atoms with E-state index in [9.17, 15) is 4.79 Å². The van der Waals surface area contributed by atoms with Gasteiger partial charge in [-0.15, -0.1) is 0 Å². The van der Waals surface area contributed by atoms with Crippen LogP contribution >= 0.6 is 11.6 Å². The fraction of sp³-hybridized carbons (Fsp3) is 0.316. The first-order chi connectivity index (χ1) is 11.1. The number of amides is 1. The number of hydrogen-bond acceptors (Lipinski definition) is 2. The van der Waals surface area contributed by atoms with Crippen molar-refractivity contribution in [1.29, 1.82) is 0 Å². The van der Waals surface area contributed by atoms with Gasteiger partial charge in [0.05, 0.1) is 0 Å². The van der Waals surface area contributed by atoms with Gasteiger partial charge in [0.15, 0.2) is 6.10 Å². The lowest BCUT2D eigenvalue weighted by atomic mass is 10.1. The number of anilines is 1. The number of rotatable bonds is 4. The summed E-state index contributed by atoms with van der Waals surface area (Å²) in [6, 6.07) is 15.4. The number of carbonyl (C=O) groups excluding carboxylic acids is 1. The Balaban J connectivity index is 1.83. The average Bonchev–Trinajstić information content (AvgIpc) is 2.87. The zero-order valence-electron chi connectivity index (χ0n) is 13.3. The molecule has 0 aliphatic carbocycles. The summed E-state index contributed by atoms with van der Waals surface area (Å²) >= 11 is 5.99. The standard InChI is InChI=1S/C19H20ClNO2/c1-3-18(23-16-9-6-8-15(20)12-16)19(22)21-13(2)11-14-7-4-5-10-17(14)21/h4-10,12-13,18H,3,11H2,1-2H3/t13-,18+/m1/s1. The van der Waals surface area contributed by atoms with Crippen LogP contribution in [0, 0.1) is 0 Å². The van der Waals surface area contributed by atoms with Crippen LogP contribution in [0.15, 0.2) is 48.5 Å². The van der Waals surface area contributed by atoms with Crippen LogP contribution in [0.5, 0.6) is 5.75 Å². The normalized spacial score (nSPS) is 17.7. The molecule has 2 aromatic rings. The molecule has 2 atom stereocenters. The third-order valence-electron chi connectivity index (χ3n) is 4.17. The predicted octanol–water partition coefficient (Wildman–Crippen LogP) is 4.48. The number of ether oxygens (including phenoxy) is 1. The second-order valence-electron chi connectivity index (χ2n) is 5.86. The van der Waals surface area contributed by atoms with Gasteiger partial charge in [-0.2, -0.15) is 0 Å². The topological polar surface area (TPSA) is 29.5 Å². The van der Waals surface area contributed by atoms with E-state index in [-0.39, 0.29) is 11.9 Å². The molecule has 1 amide bonds. The summed E-state index contributed by atoms with van der Waals surface area (Å²) < 4.78 is 5.91. The average molecular weight is 330 g/mol. The monoisotopic (exact) mass is 329 g/mol. The highest BCUT2D eigenvalue weighted by atomic mass is 35.5. The van der Waals surface area contributed by atoms with Crippen molar-refractivity contribution in [2.45, 2.75) is 38.8 Å². The van der Waals surface area contributed by atoms with Crippen molar-refractivity contribution in [3.8, 4) is 5.75 Å². The molecule has 0 N–H and O–H groups in total. The van der Waals surface area contributed by atoms with Gasteiger partial charge in [-0.3, -0.25) is 4.79 Å². The van der Waals surface area contributed by atoms with Crippen LogP contribution in [0.1, 0.15) is 25.8 Å². The first-order valence-corrected chi connectivity index (χ1v) is 8.31. The van der Waals surface area contributed by atoms with Gasteiger partial charge in [0.25, 0.3) is 5.91 Å². The van der Waals surface area contributed by atoms with Crippen molar-refractivity contribution >= 4 is 23.2 Å². The number of hydrogen-bond donors (Lipinski definition) is 0. The Labute approximate surface area is 141 Å². The molecule has 1 heterocycles. The van der Waals surface area contributed by atoms with Crippen molar-refractivity contribution in [3.63, 3.8) is 0 Å². The van der Waals surface area contributed by atoms with Crippen LogP contribution in [-0.4, -0.2) is 18.1 Å². The number of para-hydroxylation sites is 1. The molecule has 120 valence electrons. The first-order valence-electron chi connectivity index (χ1n) is 7.93. The Morgan fingerprint density at radius 1 is 1.30 bits per heavy atom. The van der Waals surface area contributed by atoms with Gasteiger partial charge in [-0.25, -0.2) is 0 Å². The third-order valence-corrected chi connectivity index (χ3v) is 4.40. The molecular weight excluding hydrogens is 310 g/mol. The predicted molar refractivity (Wildman–Crippen MR) is 93.3 cm³/mol. The number of carbonyl (C=O) groups is 1. The van der Waals surface area contributed by atoms with E-state index >= 15 is 0 Å². The second-order valence-corrected chi connectivity index (χ2v) is 6.30. The Morgan fingerprint density at radius 2 is 2.09 bits per heavy atom. The fourth-order valence-electron chi connectivity index (χ4n) is 3.07. The van der Waals surface area contributed by atoms with E-state index in [1.807, 2.05) is 42.2 Å². The van der Waals surface area contributed by atoms with Crippen molar-refractivity contribution in [2.75, 3.05) is 4.90 Å². The van der Waals surface area contributed by atoms with E-state index in [0.717, 1.165) is 12.1 Å². The van der Waals surface area contributed by atoms with Crippen LogP contribution in [0.4, 0.5) is 5.69 Å². The molecule has 0 bridgehead atoms. The molecule has 1 aliphatic heterocycles. The highest BCUT2D eigenvalue weighted by Gasteiger charge is 2.34. The fourth-order valence-corrected chi connectivity index (χ4v) is 3.25. The van der Waals surface area contributed by atoms with Crippen LogP contribution in [0.3, 0.4) is 0 Å². The van der Waals surface area contributed by atoms with Gasteiger partial charge in [-0.05, 0) is 49.6 Å². The maximum atomic E-state index is 13.0. The van der Waals surface area contributed by atoms with Gasteiger partial charge >= 0.3 is 0 Å². The molecule has 3 rings (SSSR count). The lowest BCUT2D eigenvalue weighted by molar-refractivity contribution is -0.125. The zero-order valence-corrected chi connectivity index (χ0v) is 14.1. The molecule has 0 unspecified atom stereocenters. The Bertz CT molecular complexity index is 716. The molecule has 4 heteroatoms. The van der Waals surface area contributed by atoms with E-state index in [0.29, 0.717) is 17.2 Å². The Morgan fingerprint density at radius 3 is 2.83 bits per heavy atom. The summed E-state index contributed by atoms with van der Waals surface area (Å²) in [5.41, 5.74) is 2.21. The minimum Gasteiger partial charge on any atom is -0.481 e. The largest absolute Gasteiger partial charge is 0.481 e. The third kappa shape index (κ3) is 3.20. The van der Waals surface area contributed by atoms with Gasteiger partial charge in [-0.1, -0.05) is 42.8 Å². The summed E-state index contributed by atoms with van der Waals surface area (Å²) in [5, 5.41) is 0.602. The summed E-state index contributed by atoms with van der Waals surface area (Å²) in [7, 11) is 0. The Kier molecular flexibility index (Phi) is 4.58. The van der Waals surface area contributed by atoms with Crippen LogP contribution in [0.2, 0.25) is 5.02 Å². The minimum atomic E-state index is -0.512. The van der Waals surface area contributed by atoms with Crippen molar-refractivity contribution in [1.82, 2.24) is 0 Å². The molecule has 3 nitrogen and oxygen atoms in total. The van der Waals surface area contributed by atoms with Crippen molar-refractivity contribution in [3.05, 3.63) is 59.1 Å². The van der Waals surface area contributed by atoms with E-state index < -0.39 is 6.10 Å². The van der Waals surface area contributed by atoms with Crippen LogP contribution < -0.4 is 9.64 Å². The van der Waals surface area contributed by atoms with Gasteiger partial charge in [0, 0.05) is 16.8 Å². The Hall–Kier alpha value is -2.00. The maximum absolute atomic E-state index is 13.0. The molecule has 0 aromatic heterocycles. The van der Waals surface area contributed by atoms with Crippen LogP contribution in [0.25, 0.3) is 0 Å². The molecule has 0 saturated heterocycles. The molecule has 0 fully saturated rings. The molecule has 0 spiro atoms. The molecule has 2 aromatic carbocycles. The maximum Gasteiger partial charge on any atom is 0.268 e. The van der Waals surface area contributed by atoms with Gasteiger partial charge in [0.2, 0.25) is 0 Å². The first kappa shape index (κ1) is 15.9. The number of benzene rings is 2. The summed E-state index contributed by atoms with van der Waals surface area (Å²) in [6.45, 7) is 4.03. The van der Waals surface area contributed by atoms with Crippen molar-refractivity contribution < 1.29 is 9.53 Å². The second kappa shape index (κ2) is 6.63. The van der Waals surface area contributed by atoms with Crippen molar-refractivity contribution in [2.24, 2.45) is 0 Å². The van der Waals surface area contributed by atoms with E-state index in [4.69, 9.17) is 16.3 Å².